The number of pyridine rings is 1. The fourth-order valence-electron chi connectivity index (χ4n) is 4.47. The van der Waals surface area contributed by atoms with Crippen LogP contribution in [0.5, 0.6) is 5.75 Å². The molecule has 164 valence electrons. The highest BCUT2D eigenvalue weighted by Gasteiger charge is 2.24. The average molecular weight is 431 g/mol. The van der Waals surface area contributed by atoms with E-state index in [2.05, 4.69) is 38.6 Å². The lowest BCUT2D eigenvalue weighted by molar-refractivity contribution is 0.151. The molecule has 2 aliphatic rings. The van der Waals surface area contributed by atoms with Crippen LogP contribution in [-0.2, 0) is 4.74 Å². The van der Waals surface area contributed by atoms with Gasteiger partial charge in [-0.15, -0.1) is 0 Å². The number of rotatable bonds is 5. The van der Waals surface area contributed by atoms with Crippen molar-refractivity contribution in [3.05, 3.63) is 53.8 Å². The molecule has 3 aromatic heterocycles. The standard InChI is InChI=1S/C24H26N6O2/c1-16-26-9-6-23(28-16)29-20-2-4-21(5-3-20)32-22-12-18(17-7-10-31-11-8-17)15-30-24(22)19(13-25)14-27-30/h6-7,9,12,14-15,20-21H,2-5,8,10-11H2,1H3,(H,26,28,29). The molecule has 1 aliphatic heterocycles. The van der Waals surface area contributed by atoms with E-state index in [0.29, 0.717) is 24.8 Å². The third-order valence-electron chi connectivity index (χ3n) is 6.13. The Morgan fingerprint density at radius 1 is 1.28 bits per heavy atom. The van der Waals surface area contributed by atoms with Crippen molar-refractivity contribution in [2.75, 3.05) is 18.5 Å². The minimum Gasteiger partial charge on any atom is -0.488 e. The lowest BCUT2D eigenvalue weighted by atomic mass is 9.93. The van der Waals surface area contributed by atoms with Crippen molar-refractivity contribution in [1.82, 2.24) is 19.6 Å². The summed E-state index contributed by atoms with van der Waals surface area (Å²) in [5.74, 6) is 2.37. The zero-order chi connectivity index (χ0) is 21.9. The molecular formula is C24H26N6O2. The minimum atomic E-state index is 0.101. The van der Waals surface area contributed by atoms with Crippen LogP contribution in [0.2, 0.25) is 0 Å². The Bertz CT molecular complexity index is 1190. The Kier molecular flexibility index (Phi) is 5.73. The normalized spacial score (nSPS) is 21.1. The van der Waals surface area contributed by atoms with E-state index in [1.807, 2.05) is 19.2 Å². The molecule has 4 heterocycles. The number of fused-ring (bicyclic) bond motifs is 1. The molecule has 1 N–H and O–H groups in total. The maximum atomic E-state index is 9.56. The predicted octanol–water partition coefficient (Wildman–Crippen LogP) is 3.91. The minimum absolute atomic E-state index is 0.101. The molecule has 0 saturated heterocycles. The Morgan fingerprint density at radius 2 is 2.16 bits per heavy atom. The molecule has 1 saturated carbocycles. The summed E-state index contributed by atoms with van der Waals surface area (Å²) in [6.45, 7) is 3.23. The number of nitrogens with one attached hydrogen (secondary N) is 1. The van der Waals surface area contributed by atoms with Crippen LogP contribution in [-0.4, -0.2) is 44.9 Å². The van der Waals surface area contributed by atoms with Gasteiger partial charge in [-0.25, -0.2) is 14.5 Å². The molecule has 0 atom stereocenters. The van der Waals surface area contributed by atoms with Crippen LogP contribution < -0.4 is 10.1 Å². The van der Waals surface area contributed by atoms with E-state index in [4.69, 9.17) is 9.47 Å². The highest BCUT2D eigenvalue weighted by atomic mass is 16.5. The summed E-state index contributed by atoms with van der Waals surface area (Å²) >= 11 is 0. The molecule has 1 aliphatic carbocycles. The van der Waals surface area contributed by atoms with E-state index in [9.17, 15) is 5.26 Å². The third-order valence-corrected chi connectivity index (χ3v) is 6.13. The number of nitrogens with zero attached hydrogens (tertiary/aromatic N) is 5. The quantitative estimate of drug-likeness (QED) is 0.655. The van der Waals surface area contributed by atoms with E-state index in [1.54, 1.807) is 16.9 Å². The Balaban J connectivity index is 1.33. The Hall–Kier alpha value is -3.44. The van der Waals surface area contributed by atoms with E-state index in [-0.39, 0.29) is 6.10 Å². The summed E-state index contributed by atoms with van der Waals surface area (Å²) in [5.41, 5.74) is 3.56. The zero-order valence-electron chi connectivity index (χ0n) is 18.1. The van der Waals surface area contributed by atoms with Gasteiger partial charge in [-0.2, -0.15) is 10.4 Å². The first-order chi connectivity index (χ1) is 15.7. The summed E-state index contributed by atoms with van der Waals surface area (Å²) in [5, 5.41) is 17.5. The van der Waals surface area contributed by atoms with Crippen molar-refractivity contribution in [2.45, 2.75) is 51.2 Å². The van der Waals surface area contributed by atoms with Gasteiger partial charge in [0.05, 0.1) is 25.5 Å². The number of hydrogen-bond donors (Lipinski definition) is 1. The fraction of sp³-hybridized carbons (Fsp3) is 0.417. The number of nitriles is 1. The van der Waals surface area contributed by atoms with E-state index in [1.165, 1.54) is 5.57 Å². The van der Waals surface area contributed by atoms with Crippen LogP contribution in [0.4, 0.5) is 5.82 Å². The molecule has 0 amide bonds. The Morgan fingerprint density at radius 3 is 2.91 bits per heavy atom. The highest BCUT2D eigenvalue weighted by Crippen LogP contribution is 2.33. The van der Waals surface area contributed by atoms with E-state index < -0.39 is 0 Å². The van der Waals surface area contributed by atoms with Gasteiger partial charge in [-0.1, -0.05) is 6.08 Å². The van der Waals surface area contributed by atoms with Crippen LogP contribution in [0.1, 0.15) is 49.1 Å². The van der Waals surface area contributed by atoms with Gasteiger partial charge in [-0.05, 0) is 62.3 Å². The smallest absolute Gasteiger partial charge is 0.147 e. The fourth-order valence-corrected chi connectivity index (χ4v) is 4.47. The Labute approximate surface area is 186 Å². The maximum Gasteiger partial charge on any atom is 0.147 e. The van der Waals surface area contributed by atoms with Crippen molar-refractivity contribution in [3.8, 4) is 11.8 Å². The molecule has 3 aromatic rings. The molecule has 8 nitrogen and oxygen atoms in total. The first kappa shape index (κ1) is 20.5. The number of anilines is 1. The van der Waals surface area contributed by atoms with E-state index in [0.717, 1.165) is 60.6 Å². The first-order valence-electron chi connectivity index (χ1n) is 11.1. The van der Waals surface area contributed by atoms with Gasteiger partial charge in [-0.3, -0.25) is 0 Å². The van der Waals surface area contributed by atoms with Crippen molar-refractivity contribution in [3.63, 3.8) is 0 Å². The van der Waals surface area contributed by atoms with Gasteiger partial charge in [0.25, 0.3) is 0 Å². The molecule has 0 radical (unpaired) electrons. The van der Waals surface area contributed by atoms with Crippen LogP contribution in [0, 0.1) is 18.3 Å². The van der Waals surface area contributed by atoms with Crippen LogP contribution >= 0.6 is 0 Å². The number of hydrogen-bond acceptors (Lipinski definition) is 7. The topological polar surface area (TPSA) is 97.4 Å². The van der Waals surface area contributed by atoms with Crippen LogP contribution in [0.15, 0.2) is 36.8 Å². The molecule has 0 aromatic carbocycles. The maximum absolute atomic E-state index is 9.56. The highest BCUT2D eigenvalue weighted by molar-refractivity contribution is 5.75. The molecule has 5 rings (SSSR count). The van der Waals surface area contributed by atoms with Crippen molar-refractivity contribution >= 4 is 16.9 Å². The molecule has 8 heteroatoms. The van der Waals surface area contributed by atoms with Gasteiger partial charge < -0.3 is 14.8 Å². The second kappa shape index (κ2) is 8.97. The van der Waals surface area contributed by atoms with Crippen molar-refractivity contribution in [2.24, 2.45) is 0 Å². The number of ether oxygens (including phenoxy) is 2. The van der Waals surface area contributed by atoms with Crippen LogP contribution in [0.25, 0.3) is 11.1 Å². The summed E-state index contributed by atoms with van der Waals surface area (Å²) < 4.78 is 13.7. The van der Waals surface area contributed by atoms with Gasteiger partial charge in [0, 0.05) is 18.4 Å². The molecule has 0 bridgehead atoms. The van der Waals surface area contributed by atoms with Gasteiger partial charge in [0.1, 0.15) is 34.5 Å². The number of aryl methyl sites for hydroxylation is 1. The van der Waals surface area contributed by atoms with Crippen molar-refractivity contribution in [1.29, 1.82) is 5.26 Å². The molecule has 32 heavy (non-hydrogen) atoms. The molecule has 0 unspecified atom stereocenters. The van der Waals surface area contributed by atoms with Gasteiger partial charge >= 0.3 is 0 Å². The first-order valence-corrected chi connectivity index (χ1v) is 11.1. The summed E-state index contributed by atoms with van der Waals surface area (Å²) in [7, 11) is 0. The zero-order valence-corrected chi connectivity index (χ0v) is 18.1. The predicted molar refractivity (Wildman–Crippen MR) is 120 cm³/mol. The third kappa shape index (κ3) is 4.30. The molecule has 1 fully saturated rings. The van der Waals surface area contributed by atoms with Gasteiger partial charge in [0.2, 0.25) is 0 Å². The molecule has 0 spiro atoms. The SMILES string of the molecule is Cc1nccc(NC2CCC(Oc3cc(C4=CCOCC4)cn4ncc(C#N)c34)CC2)n1. The molecular weight excluding hydrogens is 404 g/mol. The van der Waals surface area contributed by atoms with E-state index >= 15 is 0 Å². The van der Waals surface area contributed by atoms with Crippen molar-refractivity contribution < 1.29 is 9.47 Å². The second-order valence-corrected chi connectivity index (χ2v) is 8.34. The lowest BCUT2D eigenvalue weighted by Gasteiger charge is -2.30. The second-order valence-electron chi connectivity index (χ2n) is 8.34. The lowest BCUT2D eigenvalue weighted by Crippen LogP contribution is -2.31. The van der Waals surface area contributed by atoms with Crippen LogP contribution in [0.3, 0.4) is 0 Å². The largest absolute Gasteiger partial charge is 0.488 e. The van der Waals surface area contributed by atoms with Gasteiger partial charge in [0.15, 0.2) is 0 Å². The number of aromatic nitrogens is 4. The summed E-state index contributed by atoms with van der Waals surface area (Å²) in [6.07, 6.45) is 12.3. The summed E-state index contributed by atoms with van der Waals surface area (Å²) in [4.78, 5) is 8.60. The average Bonchev–Trinajstić information content (AvgIpc) is 3.24. The summed E-state index contributed by atoms with van der Waals surface area (Å²) in [6, 6.07) is 6.58. The monoisotopic (exact) mass is 430 g/mol.